The fourth-order valence-corrected chi connectivity index (χ4v) is 1.04. The lowest BCUT2D eigenvalue weighted by Gasteiger charge is -2.04. The molecule has 0 aliphatic rings. The zero-order valence-electron chi connectivity index (χ0n) is 8.18. The van der Waals surface area contributed by atoms with E-state index in [0.29, 0.717) is 17.6 Å². The first-order valence-electron chi connectivity index (χ1n) is 4.42. The number of rotatable bonds is 3. The monoisotopic (exact) mass is 202 g/mol. The third kappa shape index (κ3) is 2.37. The van der Waals surface area contributed by atoms with Gasteiger partial charge in [0.2, 0.25) is 5.95 Å². The summed E-state index contributed by atoms with van der Waals surface area (Å²) >= 11 is 0. The summed E-state index contributed by atoms with van der Waals surface area (Å²) in [5.41, 5.74) is 0. The summed E-state index contributed by atoms with van der Waals surface area (Å²) in [5.74, 6) is 1.89. The summed E-state index contributed by atoms with van der Waals surface area (Å²) in [5, 5.41) is 5.87. The highest BCUT2D eigenvalue weighted by molar-refractivity contribution is 5.51. The van der Waals surface area contributed by atoms with Crippen LogP contribution in [0, 0.1) is 0 Å². The van der Waals surface area contributed by atoms with Crippen molar-refractivity contribution in [3.8, 4) is 0 Å². The van der Waals surface area contributed by atoms with Crippen LogP contribution in [0.5, 0.6) is 0 Å². The molecule has 2 heterocycles. The van der Waals surface area contributed by atoms with Gasteiger partial charge in [-0.05, 0) is 6.07 Å². The lowest BCUT2D eigenvalue weighted by molar-refractivity contribution is 1.13. The molecule has 0 amide bonds. The Hall–Kier alpha value is -2.24. The van der Waals surface area contributed by atoms with Crippen LogP contribution < -0.4 is 10.6 Å². The molecule has 15 heavy (non-hydrogen) atoms. The van der Waals surface area contributed by atoms with Crippen molar-refractivity contribution in [2.24, 2.45) is 0 Å². The molecule has 0 bridgehead atoms. The van der Waals surface area contributed by atoms with E-state index in [1.54, 1.807) is 37.9 Å². The van der Waals surface area contributed by atoms with Gasteiger partial charge in [-0.1, -0.05) is 0 Å². The van der Waals surface area contributed by atoms with E-state index in [9.17, 15) is 0 Å². The molecule has 0 aliphatic heterocycles. The van der Waals surface area contributed by atoms with Gasteiger partial charge >= 0.3 is 0 Å². The number of hydrogen-bond donors (Lipinski definition) is 2. The van der Waals surface area contributed by atoms with Crippen LogP contribution >= 0.6 is 0 Å². The Labute approximate surface area is 86.8 Å². The van der Waals surface area contributed by atoms with Gasteiger partial charge in [0.25, 0.3) is 0 Å². The predicted octanol–water partition coefficient (Wildman–Crippen LogP) is 1.05. The van der Waals surface area contributed by atoms with Gasteiger partial charge in [-0.25, -0.2) is 9.97 Å². The SMILES string of the molecule is CNc1nccc(Nc2cnccn2)n1. The molecule has 6 heteroatoms. The van der Waals surface area contributed by atoms with Crippen LogP contribution in [0.4, 0.5) is 17.6 Å². The van der Waals surface area contributed by atoms with Crippen LogP contribution in [-0.4, -0.2) is 27.0 Å². The van der Waals surface area contributed by atoms with Crippen LogP contribution in [0.1, 0.15) is 0 Å². The smallest absolute Gasteiger partial charge is 0.224 e. The van der Waals surface area contributed by atoms with E-state index in [-0.39, 0.29) is 0 Å². The maximum Gasteiger partial charge on any atom is 0.224 e. The summed E-state index contributed by atoms with van der Waals surface area (Å²) in [6.45, 7) is 0. The van der Waals surface area contributed by atoms with Gasteiger partial charge < -0.3 is 10.6 Å². The zero-order valence-corrected chi connectivity index (χ0v) is 8.18. The lowest BCUT2D eigenvalue weighted by Crippen LogP contribution is -2.00. The number of aromatic nitrogens is 4. The van der Waals surface area contributed by atoms with E-state index in [1.807, 2.05) is 0 Å². The summed E-state index contributed by atoms with van der Waals surface area (Å²) in [4.78, 5) is 16.2. The van der Waals surface area contributed by atoms with Gasteiger partial charge in [0, 0.05) is 25.6 Å². The molecule has 0 unspecified atom stereocenters. The first-order chi connectivity index (χ1) is 7.38. The fourth-order valence-electron chi connectivity index (χ4n) is 1.04. The highest BCUT2D eigenvalue weighted by atomic mass is 15.1. The summed E-state index contributed by atoms with van der Waals surface area (Å²) < 4.78 is 0. The van der Waals surface area contributed by atoms with Crippen molar-refractivity contribution in [3.63, 3.8) is 0 Å². The molecule has 0 fully saturated rings. The van der Waals surface area contributed by atoms with Gasteiger partial charge in [-0.15, -0.1) is 0 Å². The Morgan fingerprint density at radius 1 is 1.07 bits per heavy atom. The van der Waals surface area contributed by atoms with Crippen molar-refractivity contribution < 1.29 is 0 Å². The standard InChI is InChI=1S/C9H10N6/c1-10-9-13-3-2-7(15-9)14-8-6-11-4-5-12-8/h2-6H,1H3,(H2,10,12,13,14,15). The van der Waals surface area contributed by atoms with Crippen molar-refractivity contribution in [1.29, 1.82) is 0 Å². The van der Waals surface area contributed by atoms with Gasteiger partial charge in [0.15, 0.2) is 0 Å². The van der Waals surface area contributed by atoms with Crippen molar-refractivity contribution in [2.45, 2.75) is 0 Å². The van der Waals surface area contributed by atoms with Gasteiger partial charge in [-0.3, -0.25) is 4.98 Å². The number of nitrogens with zero attached hydrogens (tertiary/aromatic N) is 4. The van der Waals surface area contributed by atoms with E-state index in [4.69, 9.17) is 0 Å². The topological polar surface area (TPSA) is 75.6 Å². The van der Waals surface area contributed by atoms with Crippen LogP contribution in [0.3, 0.4) is 0 Å². The zero-order chi connectivity index (χ0) is 10.5. The molecule has 0 aromatic carbocycles. The third-order valence-electron chi connectivity index (χ3n) is 1.70. The normalized spacial score (nSPS) is 9.67. The van der Waals surface area contributed by atoms with Crippen molar-refractivity contribution >= 4 is 17.6 Å². The first kappa shape index (κ1) is 9.32. The minimum atomic E-state index is 0.559. The molecular weight excluding hydrogens is 192 g/mol. The Morgan fingerprint density at radius 3 is 2.73 bits per heavy atom. The minimum Gasteiger partial charge on any atom is -0.357 e. The minimum absolute atomic E-state index is 0.559. The van der Waals surface area contributed by atoms with E-state index in [1.165, 1.54) is 0 Å². The van der Waals surface area contributed by atoms with Crippen molar-refractivity contribution in [1.82, 2.24) is 19.9 Å². The summed E-state index contributed by atoms with van der Waals surface area (Å²) in [6, 6.07) is 1.76. The van der Waals surface area contributed by atoms with E-state index < -0.39 is 0 Å². The number of anilines is 3. The number of hydrogen-bond acceptors (Lipinski definition) is 6. The molecule has 76 valence electrons. The molecule has 6 nitrogen and oxygen atoms in total. The van der Waals surface area contributed by atoms with E-state index in [2.05, 4.69) is 30.6 Å². The average Bonchev–Trinajstić information content (AvgIpc) is 2.31. The molecule has 0 spiro atoms. The Morgan fingerprint density at radius 2 is 2.00 bits per heavy atom. The van der Waals surface area contributed by atoms with Crippen LogP contribution in [-0.2, 0) is 0 Å². The van der Waals surface area contributed by atoms with Gasteiger partial charge in [0.1, 0.15) is 11.6 Å². The average molecular weight is 202 g/mol. The Balaban J connectivity index is 2.17. The molecule has 2 aromatic rings. The molecule has 2 rings (SSSR count). The van der Waals surface area contributed by atoms with Crippen LogP contribution in [0.15, 0.2) is 30.9 Å². The quantitative estimate of drug-likeness (QED) is 0.774. The van der Waals surface area contributed by atoms with E-state index in [0.717, 1.165) is 0 Å². The van der Waals surface area contributed by atoms with Crippen molar-refractivity contribution in [2.75, 3.05) is 17.7 Å². The van der Waals surface area contributed by atoms with Crippen LogP contribution in [0.2, 0.25) is 0 Å². The van der Waals surface area contributed by atoms with Gasteiger partial charge in [-0.2, -0.15) is 4.98 Å². The highest BCUT2D eigenvalue weighted by Crippen LogP contribution is 2.10. The molecule has 0 aliphatic carbocycles. The second-order valence-electron chi connectivity index (χ2n) is 2.73. The summed E-state index contributed by atoms with van der Waals surface area (Å²) in [6.07, 6.45) is 6.52. The molecule has 0 radical (unpaired) electrons. The molecule has 0 atom stereocenters. The molecular formula is C9H10N6. The largest absolute Gasteiger partial charge is 0.357 e. The van der Waals surface area contributed by atoms with Gasteiger partial charge in [0.05, 0.1) is 6.20 Å². The van der Waals surface area contributed by atoms with E-state index >= 15 is 0 Å². The van der Waals surface area contributed by atoms with Crippen LogP contribution in [0.25, 0.3) is 0 Å². The highest BCUT2D eigenvalue weighted by Gasteiger charge is 1.98. The molecule has 2 aromatic heterocycles. The summed E-state index contributed by atoms with van der Waals surface area (Å²) in [7, 11) is 1.77. The second-order valence-corrected chi connectivity index (χ2v) is 2.73. The fraction of sp³-hybridized carbons (Fsp3) is 0.111. The molecule has 0 saturated carbocycles. The maximum absolute atomic E-state index is 4.19. The first-order valence-corrected chi connectivity index (χ1v) is 4.42. The molecule has 0 saturated heterocycles. The Kier molecular flexibility index (Phi) is 2.68. The number of nitrogens with one attached hydrogen (secondary N) is 2. The maximum atomic E-state index is 4.19. The second kappa shape index (κ2) is 4.32. The molecule has 2 N–H and O–H groups in total. The van der Waals surface area contributed by atoms with Crippen molar-refractivity contribution in [3.05, 3.63) is 30.9 Å². The predicted molar refractivity (Wildman–Crippen MR) is 56.9 cm³/mol. The Bertz CT molecular complexity index is 430. The lowest BCUT2D eigenvalue weighted by atomic mass is 10.5. The third-order valence-corrected chi connectivity index (χ3v) is 1.70.